The molecular formula is C12H16N4O2S. The molecule has 1 aliphatic carbocycles. The summed E-state index contributed by atoms with van der Waals surface area (Å²) < 4.78 is 6.88. The van der Waals surface area contributed by atoms with Crippen molar-refractivity contribution in [3.05, 3.63) is 10.8 Å². The first-order valence-electron chi connectivity index (χ1n) is 6.44. The predicted octanol–water partition coefficient (Wildman–Crippen LogP) is 1.90. The van der Waals surface area contributed by atoms with Crippen LogP contribution in [-0.2, 0) is 14.9 Å². The van der Waals surface area contributed by atoms with Crippen molar-refractivity contribution < 1.29 is 9.53 Å². The van der Waals surface area contributed by atoms with Crippen molar-refractivity contribution in [3.8, 4) is 0 Å². The molecule has 1 fully saturated rings. The third kappa shape index (κ3) is 2.01. The summed E-state index contributed by atoms with van der Waals surface area (Å²) in [6.07, 6.45) is 2.30. The van der Waals surface area contributed by atoms with E-state index in [1.165, 1.54) is 11.3 Å². The minimum absolute atomic E-state index is 0.257. The minimum Gasteiger partial charge on any atom is -0.465 e. The number of ether oxygens (including phenoxy) is 1. The van der Waals surface area contributed by atoms with Gasteiger partial charge in [0.1, 0.15) is 10.4 Å². The van der Waals surface area contributed by atoms with E-state index in [0.717, 1.165) is 28.6 Å². The lowest BCUT2D eigenvalue weighted by atomic mass is 9.95. The van der Waals surface area contributed by atoms with Gasteiger partial charge in [0.2, 0.25) is 4.96 Å². The average molecular weight is 280 g/mol. The van der Waals surface area contributed by atoms with Crippen LogP contribution in [0.1, 0.15) is 50.4 Å². The van der Waals surface area contributed by atoms with Crippen LogP contribution in [0, 0.1) is 0 Å². The van der Waals surface area contributed by atoms with Gasteiger partial charge in [0.05, 0.1) is 6.61 Å². The summed E-state index contributed by atoms with van der Waals surface area (Å²) in [4.78, 5) is 12.7. The van der Waals surface area contributed by atoms with E-state index in [4.69, 9.17) is 4.74 Å². The number of fused-ring (bicyclic) bond motifs is 1. The third-order valence-electron chi connectivity index (χ3n) is 3.28. The van der Waals surface area contributed by atoms with E-state index >= 15 is 0 Å². The zero-order valence-corrected chi connectivity index (χ0v) is 12.0. The van der Waals surface area contributed by atoms with Crippen LogP contribution >= 0.6 is 11.3 Å². The Kier molecular flexibility index (Phi) is 2.81. The molecule has 0 saturated heterocycles. The summed E-state index contributed by atoms with van der Waals surface area (Å²) in [5, 5.41) is 13.5. The number of esters is 1. The Bertz CT molecular complexity index is 627. The van der Waals surface area contributed by atoms with E-state index in [-0.39, 0.29) is 5.97 Å². The lowest BCUT2D eigenvalue weighted by molar-refractivity contribution is -0.148. The van der Waals surface area contributed by atoms with Gasteiger partial charge in [-0.15, -0.1) is 10.2 Å². The van der Waals surface area contributed by atoms with Crippen LogP contribution < -0.4 is 0 Å². The molecular weight excluding hydrogens is 264 g/mol. The van der Waals surface area contributed by atoms with Crippen molar-refractivity contribution in [1.29, 1.82) is 0 Å². The molecule has 7 heteroatoms. The molecule has 0 unspecified atom stereocenters. The van der Waals surface area contributed by atoms with E-state index in [2.05, 4.69) is 15.3 Å². The van der Waals surface area contributed by atoms with Crippen LogP contribution in [0.15, 0.2) is 0 Å². The Balaban J connectivity index is 1.98. The first-order chi connectivity index (χ1) is 9.04. The topological polar surface area (TPSA) is 69.4 Å². The van der Waals surface area contributed by atoms with Crippen LogP contribution in [0.3, 0.4) is 0 Å². The largest absolute Gasteiger partial charge is 0.465 e. The van der Waals surface area contributed by atoms with Gasteiger partial charge in [-0.2, -0.15) is 9.61 Å². The maximum Gasteiger partial charge on any atom is 0.318 e. The zero-order chi connectivity index (χ0) is 13.6. The third-order valence-corrected chi connectivity index (χ3v) is 4.50. The fraction of sp³-hybridized carbons (Fsp3) is 0.667. The van der Waals surface area contributed by atoms with Gasteiger partial charge in [-0.05, 0) is 33.6 Å². The highest BCUT2D eigenvalue weighted by molar-refractivity contribution is 7.16. The maximum atomic E-state index is 12.0. The first kappa shape index (κ1) is 12.5. The molecule has 2 aromatic rings. The van der Waals surface area contributed by atoms with E-state index < -0.39 is 5.41 Å². The molecule has 102 valence electrons. The van der Waals surface area contributed by atoms with E-state index in [1.807, 2.05) is 13.8 Å². The zero-order valence-electron chi connectivity index (χ0n) is 11.2. The maximum absolute atomic E-state index is 12.0. The Labute approximate surface area is 114 Å². The van der Waals surface area contributed by atoms with Crippen LogP contribution in [0.2, 0.25) is 0 Å². The van der Waals surface area contributed by atoms with E-state index in [1.54, 1.807) is 11.4 Å². The van der Waals surface area contributed by atoms with E-state index in [9.17, 15) is 4.79 Å². The number of carbonyl (C=O) groups is 1. The van der Waals surface area contributed by atoms with Crippen molar-refractivity contribution in [2.24, 2.45) is 0 Å². The number of carbonyl (C=O) groups excluding carboxylic acids is 1. The molecule has 2 aromatic heterocycles. The second-order valence-corrected chi connectivity index (χ2v) is 6.24. The van der Waals surface area contributed by atoms with Crippen LogP contribution in [0.4, 0.5) is 0 Å². The standard InChI is InChI=1S/C12H16N4O2S/c1-4-18-10(17)12(2,3)9-15-16-8(7-5-6-7)13-14-11(16)19-9/h7H,4-6H2,1-3H3. The molecule has 0 spiro atoms. The van der Waals surface area contributed by atoms with Gasteiger partial charge in [-0.3, -0.25) is 4.79 Å². The van der Waals surface area contributed by atoms with Crippen LogP contribution in [0.25, 0.3) is 4.96 Å². The van der Waals surface area contributed by atoms with Gasteiger partial charge >= 0.3 is 5.97 Å². The average Bonchev–Trinajstić information content (AvgIpc) is 2.98. The number of hydrogen-bond acceptors (Lipinski definition) is 6. The number of hydrogen-bond donors (Lipinski definition) is 0. The van der Waals surface area contributed by atoms with Gasteiger partial charge in [0.15, 0.2) is 5.82 Å². The fourth-order valence-electron chi connectivity index (χ4n) is 1.88. The Morgan fingerprint density at radius 1 is 1.47 bits per heavy atom. The Morgan fingerprint density at radius 2 is 2.21 bits per heavy atom. The molecule has 0 bridgehead atoms. The quantitative estimate of drug-likeness (QED) is 0.800. The normalized spacial score (nSPS) is 15.9. The van der Waals surface area contributed by atoms with Crippen molar-refractivity contribution in [3.63, 3.8) is 0 Å². The summed E-state index contributed by atoms with van der Waals surface area (Å²) in [5.41, 5.74) is -0.748. The molecule has 0 aliphatic heterocycles. The molecule has 6 nitrogen and oxygen atoms in total. The smallest absolute Gasteiger partial charge is 0.318 e. The Hall–Kier alpha value is -1.50. The number of aromatic nitrogens is 4. The molecule has 0 radical (unpaired) electrons. The fourth-order valence-corrected chi connectivity index (χ4v) is 2.82. The lowest BCUT2D eigenvalue weighted by Gasteiger charge is -2.18. The molecule has 0 N–H and O–H groups in total. The minimum atomic E-state index is -0.748. The highest BCUT2D eigenvalue weighted by atomic mass is 32.1. The van der Waals surface area contributed by atoms with Crippen LogP contribution in [0.5, 0.6) is 0 Å². The van der Waals surface area contributed by atoms with Crippen molar-refractivity contribution in [2.45, 2.75) is 44.9 Å². The van der Waals surface area contributed by atoms with Crippen molar-refractivity contribution in [2.75, 3.05) is 6.61 Å². The van der Waals surface area contributed by atoms with Gasteiger partial charge < -0.3 is 4.74 Å². The summed E-state index contributed by atoms with van der Waals surface area (Å²) in [6.45, 7) is 5.83. The second kappa shape index (κ2) is 4.26. The lowest BCUT2D eigenvalue weighted by Crippen LogP contribution is -2.31. The molecule has 0 amide bonds. The Morgan fingerprint density at radius 3 is 2.84 bits per heavy atom. The number of nitrogens with zero attached hydrogens (tertiary/aromatic N) is 4. The van der Waals surface area contributed by atoms with Gasteiger partial charge in [0.25, 0.3) is 0 Å². The number of rotatable bonds is 4. The van der Waals surface area contributed by atoms with E-state index in [0.29, 0.717) is 12.5 Å². The van der Waals surface area contributed by atoms with Gasteiger partial charge in [-0.25, -0.2) is 0 Å². The van der Waals surface area contributed by atoms with Crippen molar-refractivity contribution in [1.82, 2.24) is 19.8 Å². The van der Waals surface area contributed by atoms with Gasteiger partial charge in [-0.1, -0.05) is 11.3 Å². The first-order valence-corrected chi connectivity index (χ1v) is 7.25. The van der Waals surface area contributed by atoms with Crippen molar-refractivity contribution >= 4 is 22.3 Å². The predicted molar refractivity (Wildman–Crippen MR) is 70.3 cm³/mol. The summed E-state index contributed by atoms with van der Waals surface area (Å²) in [5.74, 6) is 1.14. The molecule has 0 atom stereocenters. The SMILES string of the molecule is CCOC(=O)C(C)(C)c1nn2c(C3CC3)nnc2s1. The van der Waals surface area contributed by atoms with Gasteiger partial charge in [0, 0.05) is 5.92 Å². The summed E-state index contributed by atoms with van der Waals surface area (Å²) in [7, 11) is 0. The second-order valence-electron chi connectivity index (χ2n) is 5.28. The molecule has 1 saturated carbocycles. The molecule has 1 aliphatic rings. The highest BCUT2D eigenvalue weighted by Crippen LogP contribution is 2.40. The monoisotopic (exact) mass is 280 g/mol. The summed E-state index contributed by atoms with van der Waals surface area (Å²) in [6, 6.07) is 0. The van der Waals surface area contributed by atoms with Crippen LogP contribution in [-0.4, -0.2) is 32.4 Å². The molecule has 3 rings (SSSR count). The highest BCUT2D eigenvalue weighted by Gasteiger charge is 2.37. The summed E-state index contributed by atoms with van der Waals surface area (Å²) >= 11 is 1.40. The molecule has 2 heterocycles. The molecule has 19 heavy (non-hydrogen) atoms. The molecule has 0 aromatic carbocycles.